The van der Waals surface area contributed by atoms with Crippen LogP contribution in [0, 0.1) is 5.82 Å². The number of carbonyl (C=O) groups excluding carboxylic acids is 1. The van der Waals surface area contributed by atoms with Crippen molar-refractivity contribution in [3.8, 4) is 0 Å². The Hall–Kier alpha value is -2.45. The highest BCUT2D eigenvalue weighted by atomic mass is 19.4. The first kappa shape index (κ1) is 20.3. The molecule has 3 N–H and O–H groups in total. The molecule has 0 bridgehead atoms. The molecule has 1 fully saturated rings. The highest BCUT2D eigenvalue weighted by molar-refractivity contribution is 5.91. The Morgan fingerprint density at radius 2 is 1.64 bits per heavy atom. The summed E-state index contributed by atoms with van der Waals surface area (Å²) >= 11 is 0. The van der Waals surface area contributed by atoms with Crippen molar-refractivity contribution in [1.82, 2.24) is 0 Å². The quantitative estimate of drug-likeness (QED) is 0.641. The molecule has 150 valence electrons. The zero-order valence-electron chi connectivity index (χ0n) is 15.3. The maximum Gasteiger partial charge on any atom is 0.416 e. The van der Waals surface area contributed by atoms with Gasteiger partial charge in [0.2, 0.25) is 0 Å². The molecule has 1 saturated heterocycles. The number of anilines is 1. The number of halogens is 4. The minimum Gasteiger partial charge on any atom is -0.322 e. The molecule has 3 rings (SSSR count). The molecular weight excluding hydrogens is 374 g/mol. The average molecular weight is 397 g/mol. The van der Waals surface area contributed by atoms with E-state index in [1.165, 1.54) is 35.2 Å². The van der Waals surface area contributed by atoms with E-state index in [-0.39, 0.29) is 12.5 Å². The van der Waals surface area contributed by atoms with Crippen molar-refractivity contribution in [1.29, 1.82) is 0 Å². The van der Waals surface area contributed by atoms with Gasteiger partial charge in [0.15, 0.2) is 6.54 Å². The summed E-state index contributed by atoms with van der Waals surface area (Å²) in [6, 6.07) is 11.2. The fourth-order valence-electron chi connectivity index (χ4n) is 3.46. The van der Waals surface area contributed by atoms with Crippen LogP contribution in [0.1, 0.15) is 11.1 Å². The van der Waals surface area contributed by atoms with Gasteiger partial charge in [0, 0.05) is 11.3 Å². The van der Waals surface area contributed by atoms with Gasteiger partial charge in [-0.05, 0) is 30.3 Å². The minimum atomic E-state index is -4.33. The van der Waals surface area contributed by atoms with Gasteiger partial charge in [0.05, 0.1) is 5.56 Å². The van der Waals surface area contributed by atoms with Crippen LogP contribution in [0.25, 0.3) is 0 Å². The standard InChI is InChI=1S/C20H21F4N3O/c21-17-5-2-6-18(12-17)25-19(28)14-27-9-7-26(8-10-27)13-15-3-1-4-16(11-15)20(22,23)24/h1-6,11-12H,7-10,13-14H2,(H,25,28)/p+2. The summed E-state index contributed by atoms with van der Waals surface area (Å²) in [5, 5.41) is 2.69. The zero-order chi connectivity index (χ0) is 20.1. The van der Waals surface area contributed by atoms with Gasteiger partial charge in [-0.1, -0.05) is 18.2 Å². The molecule has 0 aromatic heterocycles. The fraction of sp³-hybridized carbons (Fsp3) is 0.350. The average Bonchev–Trinajstić information content (AvgIpc) is 2.63. The number of alkyl halides is 3. The van der Waals surface area contributed by atoms with Crippen LogP contribution in [0.2, 0.25) is 0 Å². The lowest BCUT2D eigenvalue weighted by atomic mass is 10.1. The van der Waals surface area contributed by atoms with E-state index in [1.807, 2.05) is 0 Å². The smallest absolute Gasteiger partial charge is 0.322 e. The molecule has 0 spiro atoms. The molecule has 8 heteroatoms. The maximum atomic E-state index is 13.2. The Kier molecular flexibility index (Phi) is 6.31. The monoisotopic (exact) mass is 397 g/mol. The van der Waals surface area contributed by atoms with Crippen LogP contribution in [0.3, 0.4) is 0 Å². The topological polar surface area (TPSA) is 38.0 Å². The first-order chi connectivity index (χ1) is 13.3. The van der Waals surface area contributed by atoms with E-state index in [0.717, 1.165) is 37.1 Å². The third kappa shape index (κ3) is 5.77. The molecule has 1 amide bonds. The number of quaternary nitrogens is 2. The molecule has 2 aromatic rings. The van der Waals surface area contributed by atoms with Crippen LogP contribution < -0.4 is 15.1 Å². The molecule has 0 unspecified atom stereocenters. The number of hydrogen-bond donors (Lipinski definition) is 3. The van der Waals surface area contributed by atoms with E-state index in [1.54, 1.807) is 12.1 Å². The molecule has 4 nitrogen and oxygen atoms in total. The number of carbonyl (C=O) groups is 1. The van der Waals surface area contributed by atoms with Crippen LogP contribution in [-0.2, 0) is 17.5 Å². The molecule has 28 heavy (non-hydrogen) atoms. The summed E-state index contributed by atoms with van der Waals surface area (Å²) in [5.41, 5.74) is 0.470. The Balaban J connectivity index is 1.46. The van der Waals surface area contributed by atoms with Gasteiger partial charge in [0.25, 0.3) is 5.91 Å². The first-order valence-corrected chi connectivity index (χ1v) is 9.18. The van der Waals surface area contributed by atoms with Crippen molar-refractivity contribution in [2.24, 2.45) is 0 Å². The van der Waals surface area contributed by atoms with Crippen molar-refractivity contribution >= 4 is 11.6 Å². The van der Waals surface area contributed by atoms with Crippen LogP contribution in [0.4, 0.5) is 23.2 Å². The number of rotatable bonds is 5. The highest BCUT2D eigenvalue weighted by Gasteiger charge is 2.31. The normalized spacial score (nSPS) is 20.0. The number of benzene rings is 2. The number of amides is 1. The number of nitrogens with one attached hydrogen (secondary N) is 3. The van der Waals surface area contributed by atoms with Gasteiger partial charge in [0.1, 0.15) is 38.5 Å². The molecule has 0 aliphatic carbocycles. The predicted octanol–water partition coefficient (Wildman–Crippen LogP) is 0.767. The van der Waals surface area contributed by atoms with Crippen LogP contribution >= 0.6 is 0 Å². The molecule has 0 atom stereocenters. The van der Waals surface area contributed by atoms with E-state index in [2.05, 4.69) is 5.32 Å². The second-order valence-corrected chi connectivity index (χ2v) is 7.11. The first-order valence-electron chi connectivity index (χ1n) is 9.18. The third-order valence-corrected chi connectivity index (χ3v) is 4.89. The van der Waals surface area contributed by atoms with Gasteiger partial charge in [-0.2, -0.15) is 13.2 Å². The van der Waals surface area contributed by atoms with Crippen molar-refractivity contribution in [3.63, 3.8) is 0 Å². The van der Waals surface area contributed by atoms with E-state index in [0.29, 0.717) is 17.8 Å². The third-order valence-electron chi connectivity index (χ3n) is 4.89. The summed E-state index contributed by atoms with van der Waals surface area (Å²) in [7, 11) is 0. The van der Waals surface area contributed by atoms with E-state index in [4.69, 9.17) is 0 Å². The fourth-order valence-corrected chi connectivity index (χ4v) is 3.46. The second-order valence-electron chi connectivity index (χ2n) is 7.11. The van der Waals surface area contributed by atoms with Crippen LogP contribution in [-0.4, -0.2) is 38.6 Å². The number of hydrogen-bond acceptors (Lipinski definition) is 1. The van der Waals surface area contributed by atoms with E-state index < -0.39 is 17.6 Å². The Morgan fingerprint density at radius 1 is 0.964 bits per heavy atom. The van der Waals surface area contributed by atoms with Crippen molar-refractivity contribution in [2.45, 2.75) is 12.7 Å². The number of piperazine rings is 1. The predicted molar refractivity (Wildman–Crippen MR) is 96.4 cm³/mol. The molecule has 0 radical (unpaired) electrons. The molecule has 1 aliphatic rings. The van der Waals surface area contributed by atoms with E-state index >= 15 is 0 Å². The second kappa shape index (κ2) is 8.70. The molecule has 0 saturated carbocycles. The van der Waals surface area contributed by atoms with E-state index in [9.17, 15) is 22.4 Å². The lowest BCUT2D eigenvalue weighted by Gasteiger charge is -2.29. The lowest BCUT2D eigenvalue weighted by Crippen LogP contribution is -3.28. The minimum absolute atomic E-state index is 0.179. The largest absolute Gasteiger partial charge is 0.416 e. The van der Waals surface area contributed by atoms with Crippen molar-refractivity contribution < 1.29 is 32.2 Å². The van der Waals surface area contributed by atoms with Crippen LogP contribution in [0.5, 0.6) is 0 Å². The van der Waals surface area contributed by atoms with Gasteiger partial charge in [-0.3, -0.25) is 4.79 Å². The molecule has 1 aliphatic heterocycles. The van der Waals surface area contributed by atoms with Gasteiger partial charge < -0.3 is 15.1 Å². The Morgan fingerprint density at radius 3 is 2.32 bits per heavy atom. The van der Waals surface area contributed by atoms with Crippen LogP contribution in [0.15, 0.2) is 48.5 Å². The summed E-state index contributed by atoms with van der Waals surface area (Å²) in [6.07, 6.45) is -4.33. The Labute approximate surface area is 160 Å². The summed E-state index contributed by atoms with van der Waals surface area (Å²) in [4.78, 5) is 14.4. The van der Waals surface area contributed by atoms with Gasteiger partial charge in [-0.25, -0.2) is 4.39 Å². The van der Waals surface area contributed by atoms with Gasteiger partial charge >= 0.3 is 6.18 Å². The maximum absolute atomic E-state index is 13.2. The Bertz CT molecular complexity index is 817. The molecular formula is C20H23F4N3O+2. The van der Waals surface area contributed by atoms with Crippen molar-refractivity contribution in [3.05, 3.63) is 65.5 Å². The molecule has 1 heterocycles. The SMILES string of the molecule is O=C(C[NH+]1CC[NH+](Cc2cccc(C(F)(F)F)c2)CC1)Nc1cccc(F)c1. The molecule has 2 aromatic carbocycles. The highest BCUT2D eigenvalue weighted by Crippen LogP contribution is 2.29. The van der Waals surface area contributed by atoms with Gasteiger partial charge in [-0.15, -0.1) is 0 Å². The lowest BCUT2D eigenvalue weighted by molar-refractivity contribution is -1.02. The van der Waals surface area contributed by atoms with Crippen molar-refractivity contribution in [2.75, 3.05) is 38.0 Å². The summed E-state index contributed by atoms with van der Waals surface area (Å²) < 4.78 is 51.7. The summed E-state index contributed by atoms with van der Waals surface area (Å²) in [5.74, 6) is -0.584. The summed E-state index contributed by atoms with van der Waals surface area (Å²) in [6.45, 7) is 3.88. The zero-order valence-corrected chi connectivity index (χ0v) is 15.3.